The first-order valence-corrected chi connectivity index (χ1v) is 5.19. The van der Waals surface area contributed by atoms with Crippen LogP contribution in [-0.4, -0.2) is 19.1 Å². The molecule has 0 atom stereocenters. The summed E-state index contributed by atoms with van der Waals surface area (Å²) >= 11 is 0. The first-order chi connectivity index (χ1) is 5.67. The van der Waals surface area contributed by atoms with Gasteiger partial charge in [0.15, 0.2) is 0 Å². The number of nitrogens with zero attached hydrogens (tertiary/aromatic N) is 2. The van der Waals surface area contributed by atoms with E-state index in [9.17, 15) is 9.11 Å². The van der Waals surface area contributed by atoms with E-state index in [2.05, 4.69) is 9.97 Å². The molecule has 2 rings (SSSR count). The minimum atomic E-state index is -2.58. The summed E-state index contributed by atoms with van der Waals surface area (Å²) in [5.74, 6) is 0.187. The van der Waals surface area contributed by atoms with Gasteiger partial charge in [0.2, 0.25) is 0 Å². The van der Waals surface area contributed by atoms with Crippen molar-refractivity contribution in [3.05, 3.63) is 29.2 Å². The molecule has 1 aliphatic heterocycles. The van der Waals surface area contributed by atoms with Crippen LogP contribution < -0.4 is 0 Å². The van der Waals surface area contributed by atoms with Gasteiger partial charge in [0.25, 0.3) is 0 Å². The minimum Gasteiger partial charge on any atom is -0.295 e. The van der Waals surface area contributed by atoms with Gasteiger partial charge in [-0.1, -0.05) is 0 Å². The van der Waals surface area contributed by atoms with Crippen molar-refractivity contribution in [1.29, 1.82) is 0 Å². The largest absolute Gasteiger partial charge is 0.295 e. The highest BCUT2D eigenvalue weighted by molar-refractivity contribution is 8.26. The van der Waals surface area contributed by atoms with E-state index in [1.165, 1.54) is 5.41 Å². The monoisotopic (exact) mass is 184 g/mol. The maximum atomic E-state index is 9.31. The van der Waals surface area contributed by atoms with Gasteiger partial charge in [0, 0.05) is 17.8 Å². The van der Waals surface area contributed by atoms with Crippen LogP contribution in [-0.2, 0) is 5.75 Å². The summed E-state index contributed by atoms with van der Waals surface area (Å²) in [5.41, 5.74) is 1.38. The van der Waals surface area contributed by atoms with Gasteiger partial charge in [-0.15, -0.1) is 0 Å². The molecule has 0 fully saturated rings. The third-order valence-electron chi connectivity index (χ3n) is 1.60. The lowest BCUT2D eigenvalue weighted by Gasteiger charge is -2.30. The zero-order chi connectivity index (χ0) is 8.60. The van der Waals surface area contributed by atoms with Crippen LogP contribution in [0, 0.1) is 0 Å². The number of rotatable bonds is 0. The average molecular weight is 184 g/mol. The van der Waals surface area contributed by atoms with Crippen molar-refractivity contribution in [1.82, 2.24) is 9.97 Å². The van der Waals surface area contributed by atoms with Crippen LogP contribution in [0.5, 0.6) is 0 Å². The Kier molecular flexibility index (Phi) is 1.64. The average Bonchev–Trinajstić information content (AvgIpc) is 2.02. The topological polar surface area (TPSA) is 66.2 Å². The first-order valence-electron chi connectivity index (χ1n) is 3.41. The number of hydrogen-bond donors (Lipinski definition) is 2. The Bertz CT molecular complexity index is 338. The standard InChI is InChI=1S/C7H8N2O2S/c10-12(11)4-1-6-7(5-12)9-3-2-8-6/h1-4,10-11H,5H2. The summed E-state index contributed by atoms with van der Waals surface area (Å²) in [4.78, 5) is 8.03. The zero-order valence-corrected chi connectivity index (χ0v) is 7.03. The third-order valence-corrected chi connectivity index (χ3v) is 2.87. The van der Waals surface area contributed by atoms with Gasteiger partial charge in [-0.2, -0.15) is 10.6 Å². The van der Waals surface area contributed by atoms with Gasteiger partial charge >= 0.3 is 0 Å². The Labute approximate surface area is 71.3 Å². The normalized spacial score (nSPS) is 21.5. The highest BCUT2D eigenvalue weighted by atomic mass is 32.3. The van der Waals surface area contributed by atoms with Crippen molar-refractivity contribution in [3.8, 4) is 0 Å². The van der Waals surface area contributed by atoms with Gasteiger partial charge in [-0.3, -0.25) is 19.1 Å². The molecule has 0 aliphatic carbocycles. The van der Waals surface area contributed by atoms with Crippen molar-refractivity contribution in [2.24, 2.45) is 0 Å². The van der Waals surface area contributed by atoms with Crippen LogP contribution in [0.1, 0.15) is 11.4 Å². The zero-order valence-electron chi connectivity index (χ0n) is 6.21. The lowest BCUT2D eigenvalue weighted by Crippen LogP contribution is -2.06. The SMILES string of the molecule is OS1(O)C=Cc2nccnc2C1. The van der Waals surface area contributed by atoms with Crippen LogP contribution in [0.15, 0.2) is 17.8 Å². The fraction of sp³-hybridized carbons (Fsp3) is 0.143. The predicted octanol–water partition coefficient (Wildman–Crippen LogP) is 1.71. The molecule has 12 heavy (non-hydrogen) atoms. The van der Waals surface area contributed by atoms with Crippen LogP contribution in [0.3, 0.4) is 0 Å². The van der Waals surface area contributed by atoms with Crippen LogP contribution in [0.2, 0.25) is 0 Å². The van der Waals surface area contributed by atoms with Gasteiger partial charge in [-0.25, -0.2) is 0 Å². The van der Waals surface area contributed by atoms with Gasteiger partial charge in [0.1, 0.15) is 0 Å². The lowest BCUT2D eigenvalue weighted by atomic mass is 10.3. The van der Waals surface area contributed by atoms with E-state index in [0.29, 0.717) is 5.69 Å². The Morgan fingerprint density at radius 2 is 2.00 bits per heavy atom. The second-order valence-electron chi connectivity index (χ2n) is 2.55. The molecule has 2 heterocycles. The summed E-state index contributed by atoms with van der Waals surface area (Å²) in [7, 11) is -2.58. The predicted molar refractivity (Wildman–Crippen MR) is 47.6 cm³/mol. The van der Waals surface area contributed by atoms with Gasteiger partial charge in [0.05, 0.1) is 17.1 Å². The molecule has 2 N–H and O–H groups in total. The molecule has 1 aromatic rings. The van der Waals surface area contributed by atoms with Gasteiger partial charge < -0.3 is 0 Å². The molecule has 0 spiro atoms. The van der Waals surface area contributed by atoms with E-state index in [1.807, 2.05) is 0 Å². The van der Waals surface area contributed by atoms with Gasteiger partial charge in [-0.05, 0) is 6.08 Å². The van der Waals surface area contributed by atoms with Crippen molar-refractivity contribution < 1.29 is 9.11 Å². The van der Waals surface area contributed by atoms with E-state index in [-0.39, 0.29) is 5.75 Å². The van der Waals surface area contributed by atoms with Crippen LogP contribution in [0.25, 0.3) is 6.08 Å². The Hall–Kier alpha value is -0.910. The summed E-state index contributed by atoms with van der Waals surface area (Å²) in [6.45, 7) is 0. The van der Waals surface area contributed by atoms with E-state index in [0.717, 1.165) is 5.69 Å². The van der Waals surface area contributed by atoms with Crippen molar-refractivity contribution in [3.63, 3.8) is 0 Å². The lowest BCUT2D eigenvalue weighted by molar-refractivity contribution is 0.497. The van der Waals surface area contributed by atoms with E-state index < -0.39 is 10.6 Å². The van der Waals surface area contributed by atoms with Crippen molar-refractivity contribution in [2.45, 2.75) is 5.75 Å². The molecule has 1 aromatic heterocycles. The van der Waals surface area contributed by atoms with E-state index in [4.69, 9.17) is 0 Å². The van der Waals surface area contributed by atoms with Crippen molar-refractivity contribution >= 4 is 16.7 Å². The molecule has 4 nitrogen and oxygen atoms in total. The fourth-order valence-electron chi connectivity index (χ4n) is 1.05. The maximum absolute atomic E-state index is 9.31. The highest BCUT2D eigenvalue weighted by Crippen LogP contribution is 2.47. The van der Waals surface area contributed by atoms with Crippen LogP contribution >= 0.6 is 10.6 Å². The summed E-state index contributed by atoms with van der Waals surface area (Å²) in [6.07, 6.45) is 4.73. The van der Waals surface area contributed by atoms with Crippen molar-refractivity contribution in [2.75, 3.05) is 0 Å². The second kappa shape index (κ2) is 2.55. The van der Waals surface area contributed by atoms with E-state index >= 15 is 0 Å². The fourth-order valence-corrected chi connectivity index (χ4v) is 2.12. The Morgan fingerprint density at radius 1 is 1.25 bits per heavy atom. The summed E-state index contributed by atoms with van der Waals surface area (Å²) < 4.78 is 18.6. The number of fused-ring (bicyclic) bond motifs is 1. The molecular formula is C7H8N2O2S. The van der Waals surface area contributed by atoms with Crippen LogP contribution in [0.4, 0.5) is 0 Å². The first kappa shape index (κ1) is 7.72. The molecule has 0 amide bonds. The molecule has 5 heteroatoms. The molecule has 0 bridgehead atoms. The number of hydrogen-bond acceptors (Lipinski definition) is 4. The molecule has 0 aromatic carbocycles. The smallest absolute Gasteiger partial charge is 0.0874 e. The summed E-state index contributed by atoms with van der Waals surface area (Å²) in [5, 5.41) is 1.39. The van der Waals surface area contributed by atoms with E-state index in [1.54, 1.807) is 18.5 Å². The second-order valence-corrected chi connectivity index (χ2v) is 4.55. The molecule has 0 radical (unpaired) electrons. The third kappa shape index (κ3) is 1.34. The molecular weight excluding hydrogens is 176 g/mol. The molecule has 1 aliphatic rings. The quantitative estimate of drug-likeness (QED) is 0.644. The Balaban J connectivity index is 2.46. The maximum Gasteiger partial charge on any atom is 0.0874 e. The summed E-state index contributed by atoms with van der Waals surface area (Å²) in [6, 6.07) is 0. The minimum absolute atomic E-state index is 0.187. The molecule has 64 valence electrons. The molecule has 0 saturated heterocycles. The molecule has 0 saturated carbocycles. The molecule has 0 unspecified atom stereocenters. The number of aromatic nitrogens is 2. The highest BCUT2D eigenvalue weighted by Gasteiger charge is 2.17. The Morgan fingerprint density at radius 3 is 2.83 bits per heavy atom.